The lowest BCUT2D eigenvalue weighted by Crippen LogP contribution is -2.48. The van der Waals surface area contributed by atoms with Crippen LogP contribution in [-0.2, 0) is 16.4 Å². The van der Waals surface area contributed by atoms with Crippen LogP contribution in [0.4, 0.5) is 17.6 Å². The van der Waals surface area contributed by atoms with Crippen molar-refractivity contribution in [1.29, 1.82) is 0 Å². The van der Waals surface area contributed by atoms with Crippen LogP contribution < -0.4 is 5.73 Å². The molecule has 1 aromatic rings. The molecule has 0 bridgehead atoms. The summed E-state index contributed by atoms with van der Waals surface area (Å²) >= 11 is 6.24. The summed E-state index contributed by atoms with van der Waals surface area (Å²) in [5.41, 5.74) is 3.73. The molecule has 1 fully saturated rings. The van der Waals surface area contributed by atoms with E-state index in [1.165, 1.54) is 18.2 Å². The number of carbonyl (C=O) groups is 1. The van der Waals surface area contributed by atoms with E-state index >= 15 is 0 Å². The average molecular weight is 418 g/mol. The molecule has 2 N–H and O–H groups in total. The third kappa shape index (κ3) is 3.92. The molecule has 3 atom stereocenters. The average Bonchev–Trinajstić information content (AvgIpc) is 3.42. The lowest BCUT2D eigenvalue weighted by molar-refractivity contribution is -0.145. The van der Waals surface area contributed by atoms with Gasteiger partial charge in [0, 0.05) is 12.4 Å². The summed E-state index contributed by atoms with van der Waals surface area (Å²) in [6.45, 7) is 1.80. The van der Waals surface area contributed by atoms with Crippen LogP contribution in [0.1, 0.15) is 44.0 Å². The number of carbonyl (C=O) groups excluding carboxylic acids is 1. The van der Waals surface area contributed by atoms with E-state index in [0.29, 0.717) is 17.9 Å². The number of nitrogens with zero attached hydrogens (tertiary/aromatic N) is 2. The summed E-state index contributed by atoms with van der Waals surface area (Å²) in [4.78, 5) is 19.2. The Hall–Kier alpha value is -1.96. The lowest BCUT2D eigenvalue weighted by Gasteiger charge is -2.41. The van der Waals surface area contributed by atoms with Crippen LogP contribution in [0.15, 0.2) is 36.4 Å². The molecule has 1 heterocycles. The molecular formula is C19H20ClF4N3O. The highest BCUT2D eigenvalue weighted by Crippen LogP contribution is 2.51. The fourth-order valence-electron chi connectivity index (χ4n) is 3.85. The maximum atomic E-state index is 14.2. The van der Waals surface area contributed by atoms with Gasteiger partial charge in [-0.15, -0.1) is 11.6 Å². The Morgan fingerprint density at radius 2 is 1.93 bits per heavy atom. The van der Waals surface area contributed by atoms with Crippen molar-refractivity contribution < 1.29 is 22.4 Å². The third-order valence-electron chi connectivity index (χ3n) is 5.52. The second-order valence-corrected chi connectivity index (χ2v) is 8.29. The quantitative estimate of drug-likeness (QED) is 0.549. The zero-order valence-corrected chi connectivity index (χ0v) is 15.9. The number of rotatable bonds is 6. The van der Waals surface area contributed by atoms with Gasteiger partial charge in [-0.1, -0.05) is 31.9 Å². The van der Waals surface area contributed by atoms with Crippen LogP contribution in [0.25, 0.3) is 0 Å². The van der Waals surface area contributed by atoms with Gasteiger partial charge in [0.25, 0.3) is 0 Å². The Labute approximate surface area is 164 Å². The van der Waals surface area contributed by atoms with Crippen LogP contribution in [0, 0.1) is 11.3 Å². The molecule has 28 heavy (non-hydrogen) atoms. The first-order valence-corrected chi connectivity index (χ1v) is 9.30. The van der Waals surface area contributed by atoms with Crippen LogP contribution in [0.5, 0.6) is 0 Å². The second kappa shape index (κ2) is 7.13. The number of nitrogens with two attached hydrogens (primary N) is 1. The number of allylic oxidation sites excluding steroid dienone is 3. The third-order valence-corrected chi connectivity index (χ3v) is 6.12. The minimum atomic E-state index is -4.65. The van der Waals surface area contributed by atoms with E-state index in [1.807, 2.05) is 0 Å². The monoisotopic (exact) mass is 417 g/mol. The molecule has 4 nitrogen and oxygen atoms in total. The first-order valence-electron chi connectivity index (χ1n) is 8.86. The summed E-state index contributed by atoms with van der Waals surface area (Å²) in [6, 6.07) is 0. The van der Waals surface area contributed by atoms with Crippen LogP contribution >= 0.6 is 11.6 Å². The standard InChI is InChI=1S/C19H20ClF4N3O/c1-17(7-11-4-5-11,12-8-26-16(27-9-12)19(22,23)24)10-18(15(25)28)6-2-3-13(21)14(18)20/h2-3,6,8-9,11,14H,4-5,7,10H2,1H3,(H2,25,28). The Morgan fingerprint density at radius 1 is 1.32 bits per heavy atom. The fourth-order valence-corrected chi connectivity index (χ4v) is 4.18. The van der Waals surface area contributed by atoms with Crippen molar-refractivity contribution in [2.75, 3.05) is 0 Å². The molecule has 0 spiro atoms. The van der Waals surface area contributed by atoms with E-state index in [4.69, 9.17) is 17.3 Å². The second-order valence-electron chi connectivity index (χ2n) is 7.86. The van der Waals surface area contributed by atoms with E-state index in [0.717, 1.165) is 25.2 Å². The number of primary amides is 1. The van der Waals surface area contributed by atoms with Crippen molar-refractivity contribution in [1.82, 2.24) is 9.97 Å². The Morgan fingerprint density at radius 3 is 2.43 bits per heavy atom. The molecule has 0 radical (unpaired) electrons. The van der Waals surface area contributed by atoms with Gasteiger partial charge in [0.15, 0.2) is 0 Å². The number of amides is 1. The molecule has 0 aliphatic heterocycles. The largest absolute Gasteiger partial charge is 0.451 e. The number of hydrogen-bond acceptors (Lipinski definition) is 3. The highest BCUT2D eigenvalue weighted by molar-refractivity contribution is 6.24. The molecule has 3 rings (SSSR count). The smallest absolute Gasteiger partial charge is 0.369 e. The van der Waals surface area contributed by atoms with Crippen LogP contribution in [0.3, 0.4) is 0 Å². The molecule has 3 unspecified atom stereocenters. The van der Waals surface area contributed by atoms with Gasteiger partial charge >= 0.3 is 6.18 Å². The Kier molecular flexibility index (Phi) is 5.29. The molecule has 152 valence electrons. The normalized spacial score (nSPS) is 27.2. The molecule has 9 heteroatoms. The molecule has 0 aromatic carbocycles. The summed E-state index contributed by atoms with van der Waals surface area (Å²) in [7, 11) is 0. The highest BCUT2D eigenvalue weighted by Gasteiger charge is 2.51. The molecule has 2 aliphatic carbocycles. The van der Waals surface area contributed by atoms with Gasteiger partial charge < -0.3 is 5.73 Å². The van der Waals surface area contributed by atoms with Gasteiger partial charge in [0.2, 0.25) is 11.7 Å². The van der Waals surface area contributed by atoms with Crippen molar-refractivity contribution in [2.24, 2.45) is 17.1 Å². The first kappa shape index (κ1) is 20.8. The van der Waals surface area contributed by atoms with Gasteiger partial charge in [-0.25, -0.2) is 14.4 Å². The molecule has 0 saturated heterocycles. The van der Waals surface area contributed by atoms with Gasteiger partial charge in [-0.2, -0.15) is 13.2 Å². The zero-order valence-electron chi connectivity index (χ0n) is 15.1. The zero-order chi connectivity index (χ0) is 20.7. The van der Waals surface area contributed by atoms with Crippen molar-refractivity contribution >= 4 is 17.5 Å². The summed E-state index contributed by atoms with van der Waals surface area (Å²) in [5.74, 6) is -2.35. The molecule has 2 aliphatic rings. The maximum Gasteiger partial charge on any atom is 0.451 e. The van der Waals surface area contributed by atoms with Crippen molar-refractivity contribution in [2.45, 2.75) is 49.6 Å². The van der Waals surface area contributed by atoms with E-state index in [1.54, 1.807) is 6.92 Å². The molecule has 1 amide bonds. The number of alkyl halides is 4. The van der Waals surface area contributed by atoms with E-state index in [2.05, 4.69) is 9.97 Å². The van der Waals surface area contributed by atoms with Crippen molar-refractivity contribution in [3.05, 3.63) is 47.8 Å². The Balaban J connectivity index is 2.00. The number of aromatic nitrogens is 2. The van der Waals surface area contributed by atoms with E-state index in [9.17, 15) is 22.4 Å². The van der Waals surface area contributed by atoms with E-state index < -0.39 is 39.9 Å². The highest BCUT2D eigenvalue weighted by atomic mass is 35.5. The minimum absolute atomic E-state index is 0.0342. The molecular weight excluding hydrogens is 398 g/mol. The van der Waals surface area contributed by atoms with Gasteiger partial charge in [0.05, 0.1) is 5.41 Å². The topological polar surface area (TPSA) is 68.9 Å². The van der Waals surface area contributed by atoms with Gasteiger partial charge in [-0.3, -0.25) is 4.79 Å². The van der Waals surface area contributed by atoms with E-state index in [-0.39, 0.29) is 6.42 Å². The van der Waals surface area contributed by atoms with Gasteiger partial charge in [-0.05, 0) is 35.8 Å². The number of halogens is 5. The maximum absolute atomic E-state index is 14.2. The first-order chi connectivity index (χ1) is 13.0. The minimum Gasteiger partial charge on any atom is -0.369 e. The predicted octanol–water partition coefficient (Wildman–Crippen LogP) is 4.45. The molecule has 1 saturated carbocycles. The fraction of sp³-hybridized carbons (Fsp3) is 0.526. The van der Waals surface area contributed by atoms with Crippen LogP contribution in [-0.4, -0.2) is 21.3 Å². The number of hydrogen-bond donors (Lipinski definition) is 1. The SMILES string of the molecule is CC(CC1CC1)(CC1(C(N)=O)C=CC=C(F)C1Cl)c1cnc(C(F)(F)F)nc1. The van der Waals surface area contributed by atoms with Crippen LogP contribution in [0.2, 0.25) is 0 Å². The van der Waals surface area contributed by atoms with Gasteiger partial charge in [0.1, 0.15) is 11.2 Å². The summed E-state index contributed by atoms with van der Waals surface area (Å²) < 4.78 is 52.6. The Bertz CT molecular complexity index is 819. The lowest BCUT2D eigenvalue weighted by atomic mass is 9.64. The predicted molar refractivity (Wildman–Crippen MR) is 95.9 cm³/mol. The summed E-state index contributed by atoms with van der Waals surface area (Å²) in [5, 5.41) is -1.29. The molecule has 1 aromatic heterocycles. The summed E-state index contributed by atoms with van der Waals surface area (Å²) in [6.07, 6.45) is 4.20. The van der Waals surface area contributed by atoms with Crippen molar-refractivity contribution in [3.63, 3.8) is 0 Å². The van der Waals surface area contributed by atoms with Crippen molar-refractivity contribution in [3.8, 4) is 0 Å².